The van der Waals surface area contributed by atoms with Crippen molar-refractivity contribution in [3.8, 4) is 11.5 Å². The van der Waals surface area contributed by atoms with Crippen LogP contribution >= 0.6 is 0 Å². The van der Waals surface area contributed by atoms with Crippen molar-refractivity contribution >= 4 is 24.9 Å². The maximum absolute atomic E-state index is 12.3. The second-order valence-corrected chi connectivity index (χ2v) is 14.8. The lowest BCUT2D eigenvalue weighted by atomic mass is 9.86. The molecule has 1 fully saturated rings. The van der Waals surface area contributed by atoms with E-state index < -0.39 is 8.07 Å². The lowest BCUT2D eigenvalue weighted by Crippen LogP contribution is -2.54. The van der Waals surface area contributed by atoms with E-state index in [9.17, 15) is 9.90 Å². The number of methoxy groups -OCH3 is 2. The first-order valence-electron chi connectivity index (χ1n) is 12.2. The summed E-state index contributed by atoms with van der Waals surface area (Å²) in [6, 6.07) is 14.4. The van der Waals surface area contributed by atoms with E-state index in [0.29, 0.717) is 12.8 Å². The lowest BCUT2D eigenvalue weighted by molar-refractivity contribution is -0.117. The van der Waals surface area contributed by atoms with E-state index in [1.807, 2.05) is 29.2 Å². The minimum absolute atomic E-state index is 0.0867. The van der Waals surface area contributed by atoms with E-state index in [0.717, 1.165) is 35.7 Å². The highest BCUT2D eigenvalue weighted by Gasteiger charge is 2.47. The summed E-state index contributed by atoms with van der Waals surface area (Å²) in [5.74, 6) is 1.92. The highest BCUT2D eigenvalue weighted by atomic mass is 28.3. The molecule has 184 valence electrons. The quantitative estimate of drug-likeness (QED) is 0.568. The van der Waals surface area contributed by atoms with Gasteiger partial charge in [-0.05, 0) is 48.7 Å². The smallest absolute Gasteiger partial charge is 0.227 e. The van der Waals surface area contributed by atoms with Gasteiger partial charge in [-0.15, -0.1) is 0 Å². The highest BCUT2D eigenvalue weighted by molar-refractivity contribution is 6.91. The number of fused-ring (bicyclic) bond motifs is 1. The SMILES string of the molecule is COc1ccc([Si](C)(C)C(CCO)[C@@H]2Oc3ccc(N4CCCC4=O)cc3[C@H](OC)[C@H]2C)cc1. The predicted octanol–water partition coefficient (Wildman–Crippen LogP) is 4.27. The van der Waals surface area contributed by atoms with Gasteiger partial charge in [0.15, 0.2) is 0 Å². The van der Waals surface area contributed by atoms with Crippen LogP contribution < -0.4 is 19.6 Å². The Hall–Kier alpha value is -2.35. The molecule has 4 rings (SSSR count). The molecule has 6 nitrogen and oxygen atoms in total. The molecule has 1 saturated heterocycles. The molecule has 2 aromatic rings. The first kappa shape index (κ1) is 24.8. The van der Waals surface area contributed by atoms with Crippen LogP contribution in [0, 0.1) is 5.92 Å². The fourth-order valence-corrected chi connectivity index (χ4v) is 9.26. The van der Waals surface area contributed by atoms with Crippen LogP contribution in [0.4, 0.5) is 5.69 Å². The molecule has 2 aliphatic heterocycles. The molecule has 2 heterocycles. The van der Waals surface area contributed by atoms with Gasteiger partial charge in [0, 0.05) is 43.9 Å². The molecule has 4 atom stereocenters. The summed E-state index contributed by atoms with van der Waals surface area (Å²) in [6.07, 6.45) is 1.94. The number of hydrogen-bond acceptors (Lipinski definition) is 5. The molecule has 1 unspecified atom stereocenters. The largest absolute Gasteiger partial charge is 0.497 e. The van der Waals surface area contributed by atoms with Crippen molar-refractivity contribution in [2.24, 2.45) is 5.92 Å². The minimum atomic E-state index is -2.05. The molecule has 7 heteroatoms. The van der Waals surface area contributed by atoms with Gasteiger partial charge in [-0.25, -0.2) is 0 Å². The minimum Gasteiger partial charge on any atom is -0.497 e. The zero-order chi connectivity index (χ0) is 24.5. The molecule has 1 amide bonds. The van der Waals surface area contributed by atoms with E-state index in [2.05, 4.69) is 38.2 Å². The summed E-state index contributed by atoms with van der Waals surface area (Å²) in [4.78, 5) is 14.2. The Morgan fingerprint density at radius 2 is 1.91 bits per heavy atom. The van der Waals surface area contributed by atoms with E-state index >= 15 is 0 Å². The van der Waals surface area contributed by atoms with Gasteiger partial charge in [-0.2, -0.15) is 0 Å². The Kier molecular flexibility index (Phi) is 7.35. The summed E-state index contributed by atoms with van der Waals surface area (Å²) in [5, 5.41) is 11.3. The maximum atomic E-state index is 12.3. The molecule has 0 spiro atoms. The van der Waals surface area contributed by atoms with Gasteiger partial charge in [-0.3, -0.25) is 4.79 Å². The van der Waals surface area contributed by atoms with Crippen molar-refractivity contribution in [1.29, 1.82) is 0 Å². The second kappa shape index (κ2) is 10.1. The number of hydrogen-bond donors (Lipinski definition) is 1. The Balaban J connectivity index is 1.68. The average Bonchev–Trinajstić information content (AvgIpc) is 3.27. The molecule has 0 bridgehead atoms. The average molecular weight is 484 g/mol. The first-order chi connectivity index (χ1) is 16.3. The second-order valence-electron chi connectivity index (χ2n) is 10.0. The molecular weight excluding hydrogens is 446 g/mol. The molecule has 34 heavy (non-hydrogen) atoms. The number of aliphatic hydroxyl groups is 1. The van der Waals surface area contributed by atoms with Gasteiger partial charge in [0.1, 0.15) is 17.6 Å². The number of anilines is 1. The summed E-state index contributed by atoms with van der Waals surface area (Å²) < 4.78 is 18.1. The predicted molar refractivity (Wildman–Crippen MR) is 137 cm³/mol. The third kappa shape index (κ3) is 4.49. The van der Waals surface area contributed by atoms with E-state index in [-0.39, 0.29) is 36.2 Å². The third-order valence-electron chi connectivity index (χ3n) is 7.80. The highest BCUT2D eigenvalue weighted by Crippen LogP contribution is 2.48. The first-order valence-corrected chi connectivity index (χ1v) is 15.3. The number of amides is 1. The zero-order valence-corrected chi connectivity index (χ0v) is 21.9. The Morgan fingerprint density at radius 3 is 2.50 bits per heavy atom. The van der Waals surface area contributed by atoms with Gasteiger partial charge in [0.2, 0.25) is 5.91 Å². The Bertz CT molecular complexity index is 1010. The van der Waals surface area contributed by atoms with Gasteiger partial charge in [0.05, 0.1) is 21.3 Å². The van der Waals surface area contributed by atoms with Crippen molar-refractivity contribution < 1.29 is 24.1 Å². The normalized spacial score (nSPS) is 23.4. The summed E-state index contributed by atoms with van der Waals surface area (Å²) in [5.41, 5.74) is 2.10. The fraction of sp³-hybridized carbons (Fsp3) is 0.519. The van der Waals surface area contributed by atoms with E-state index in [1.165, 1.54) is 5.19 Å². The maximum Gasteiger partial charge on any atom is 0.227 e. The summed E-state index contributed by atoms with van der Waals surface area (Å²) >= 11 is 0. The van der Waals surface area contributed by atoms with E-state index in [1.54, 1.807) is 14.2 Å². The number of nitrogens with zero attached hydrogens (tertiary/aromatic N) is 1. The van der Waals surface area contributed by atoms with Crippen molar-refractivity contribution in [1.82, 2.24) is 0 Å². The van der Waals surface area contributed by atoms with Gasteiger partial charge >= 0.3 is 0 Å². The number of rotatable bonds is 8. The van der Waals surface area contributed by atoms with Crippen LogP contribution in [0.15, 0.2) is 42.5 Å². The van der Waals surface area contributed by atoms with Gasteiger partial charge < -0.3 is 24.2 Å². The van der Waals surface area contributed by atoms with Crippen LogP contribution in [-0.4, -0.2) is 52.6 Å². The molecule has 0 radical (unpaired) electrons. The van der Waals surface area contributed by atoms with Crippen LogP contribution in [0.2, 0.25) is 18.6 Å². The van der Waals surface area contributed by atoms with E-state index in [4.69, 9.17) is 14.2 Å². The molecule has 2 aliphatic rings. The molecule has 1 N–H and O–H groups in total. The van der Waals surface area contributed by atoms with Crippen molar-refractivity contribution in [2.45, 2.75) is 57.0 Å². The van der Waals surface area contributed by atoms with Crippen molar-refractivity contribution in [3.63, 3.8) is 0 Å². The standard InChI is InChI=1S/C27H37NO5Si/c1-18-26(32-3)22-17-19(28-15-6-7-25(28)30)8-13-23(22)33-27(18)24(14-16-29)34(4,5)21-11-9-20(31-2)10-12-21/h8-13,17-18,24,26-27,29H,6-7,14-16H2,1-5H3/t18-,24?,26-,27-/m1/s1. The fourth-order valence-electron chi connectivity index (χ4n) is 5.76. The van der Waals surface area contributed by atoms with Crippen LogP contribution in [0.1, 0.15) is 37.9 Å². The Morgan fingerprint density at radius 1 is 1.18 bits per heavy atom. The van der Waals surface area contributed by atoms with Crippen LogP contribution in [0.5, 0.6) is 11.5 Å². The summed E-state index contributed by atoms with van der Waals surface area (Å²) in [7, 11) is 1.37. The molecule has 0 aliphatic carbocycles. The molecular formula is C27H37NO5Si. The number of ether oxygens (including phenoxy) is 3. The Labute approximate surface area is 203 Å². The summed E-state index contributed by atoms with van der Waals surface area (Å²) in [6.45, 7) is 7.76. The number of benzene rings is 2. The lowest BCUT2D eigenvalue weighted by Gasteiger charge is -2.46. The monoisotopic (exact) mass is 483 g/mol. The third-order valence-corrected chi connectivity index (χ3v) is 12.1. The van der Waals surface area contributed by atoms with Gasteiger partial charge in [0.25, 0.3) is 0 Å². The molecule has 0 saturated carbocycles. The number of carbonyl (C=O) groups is 1. The molecule has 2 aromatic carbocycles. The molecule has 0 aromatic heterocycles. The van der Waals surface area contributed by atoms with Crippen LogP contribution in [0.25, 0.3) is 0 Å². The van der Waals surface area contributed by atoms with Crippen molar-refractivity contribution in [2.75, 3.05) is 32.3 Å². The van der Waals surface area contributed by atoms with Crippen LogP contribution in [0.3, 0.4) is 0 Å². The number of carbonyl (C=O) groups excluding carboxylic acids is 1. The number of aliphatic hydroxyl groups excluding tert-OH is 1. The zero-order valence-electron chi connectivity index (χ0n) is 20.9. The van der Waals surface area contributed by atoms with Crippen LogP contribution in [-0.2, 0) is 9.53 Å². The van der Waals surface area contributed by atoms with Gasteiger partial charge in [-0.1, -0.05) is 37.3 Å². The topological polar surface area (TPSA) is 68.2 Å². The van der Waals surface area contributed by atoms with Crippen molar-refractivity contribution in [3.05, 3.63) is 48.0 Å².